The van der Waals surface area contributed by atoms with Crippen LogP contribution in [0.25, 0.3) is 0 Å². The fraction of sp³-hybridized carbons (Fsp3) is 0.600. The number of benzene rings is 1. The van der Waals surface area contributed by atoms with Crippen LogP contribution in [-0.4, -0.2) is 13.2 Å². The van der Waals surface area contributed by atoms with Gasteiger partial charge >= 0.3 is 0 Å². The fourth-order valence-corrected chi connectivity index (χ4v) is 3.28. The summed E-state index contributed by atoms with van der Waals surface area (Å²) < 4.78 is 6.26. The average molecular weight is 312 g/mol. The molecule has 2 rings (SSSR count). The molecule has 3 heteroatoms. The highest BCUT2D eigenvalue weighted by molar-refractivity contribution is 9.10. The van der Waals surface area contributed by atoms with E-state index in [-0.39, 0.29) is 0 Å². The molecule has 0 spiro atoms. The molecule has 0 radical (unpaired) electrons. The van der Waals surface area contributed by atoms with Crippen molar-refractivity contribution in [1.82, 2.24) is 5.32 Å². The van der Waals surface area contributed by atoms with E-state index < -0.39 is 0 Å². The molecule has 1 aliphatic carbocycles. The summed E-state index contributed by atoms with van der Waals surface area (Å²) in [6, 6.07) is 6.93. The second-order valence-corrected chi connectivity index (χ2v) is 6.81. The summed E-state index contributed by atoms with van der Waals surface area (Å²) in [5.74, 6) is 0.890. The van der Waals surface area contributed by atoms with E-state index in [2.05, 4.69) is 47.2 Å². The monoisotopic (exact) mass is 311 g/mol. The van der Waals surface area contributed by atoms with Crippen molar-refractivity contribution < 1.29 is 4.74 Å². The molecule has 1 unspecified atom stereocenters. The number of halogens is 1. The molecular weight excluding hydrogens is 290 g/mol. The maximum Gasteiger partial charge on any atom is 0.133 e. The Labute approximate surface area is 118 Å². The number of hydrogen-bond donors (Lipinski definition) is 1. The van der Waals surface area contributed by atoms with E-state index in [1.54, 1.807) is 7.11 Å². The van der Waals surface area contributed by atoms with Gasteiger partial charge < -0.3 is 10.1 Å². The van der Waals surface area contributed by atoms with Gasteiger partial charge in [-0.2, -0.15) is 0 Å². The second kappa shape index (κ2) is 5.62. The highest BCUT2D eigenvalue weighted by Gasteiger charge is 2.30. The number of rotatable bonds is 4. The van der Waals surface area contributed by atoms with Crippen LogP contribution in [0.2, 0.25) is 0 Å². The lowest BCUT2D eigenvalue weighted by Crippen LogP contribution is -2.26. The van der Waals surface area contributed by atoms with Crippen molar-refractivity contribution in [2.24, 2.45) is 5.41 Å². The summed E-state index contributed by atoms with van der Waals surface area (Å²) in [6.45, 7) is 5.65. The smallest absolute Gasteiger partial charge is 0.133 e. The van der Waals surface area contributed by atoms with Crippen molar-refractivity contribution in [3.8, 4) is 5.75 Å². The first-order valence-corrected chi connectivity index (χ1v) is 7.35. The lowest BCUT2D eigenvalue weighted by Gasteiger charge is -2.18. The first-order valence-electron chi connectivity index (χ1n) is 6.56. The zero-order valence-corrected chi connectivity index (χ0v) is 13.0. The third-order valence-corrected chi connectivity index (χ3v) is 4.40. The second-order valence-electron chi connectivity index (χ2n) is 5.95. The van der Waals surface area contributed by atoms with Crippen LogP contribution >= 0.6 is 15.9 Å². The number of ether oxygens (including phenoxy) is 1. The summed E-state index contributed by atoms with van der Waals surface area (Å²) in [5.41, 5.74) is 1.81. The third-order valence-electron chi connectivity index (χ3n) is 3.78. The van der Waals surface area contributed by atoms with Crippen molar-refractivity contribution in [3.63, 3.8) is 0 Å². The van der Waals surface area contributed by atoms with Gasteiger partial charge in [0, 0.05) is 12.6 Å². The van der Waals surface area contributed by atoms with E-state index in [0.29, 0.717) is 11.5 Å². The van der Waals surface area contributed by atoms with Crippen LogP contribution in [-0.2, 0) is 6.54 Å². The van der Waals surface area contributed by atoms with Gasteiger partial charge in [0.25, 0.3) is 0 Å². The fourth-order valence-electron chi connectivity index (χ4n) is 2.69. The minimum atomic E-state index is 0.512. The first-order chi connectivity index (χ1) is 8.50. The van der Waals surface area contributed by atoms with Crippen LogP contribution in [0, 0.1) is 5.41 Å². The van der Waals surface area contributed by atoms with Crippen LogP contribution in [0.15, 0.2) is 22.7 Å². The van der Waals surface area contributed by atoms with E-state index in [4.69, 9.17) is 4.74 Å². The van der Waals surface area contributed by atoms with E-state index in [9.17, 15) is 0 Å². The summed E-state index contributed by atoms with van der Waals surface area (Å²) >= 11 is 3.53. The topological polar surface area (TPSA) is 21.3 Å². The van der Waals surface area contributed by atoms with Crippen molar-refractivity contribution in [2.45, 2.75) is 45.7 Å². The van der Waals surface area contributed by atoms with Crippen LogP contribution in [0.5, 0.6) is 5.75 Å². The Morgan fingerprint density at radius 3 is 2.78 bits per heavy atom. The van der Waals surface area contributed by atoms with Crippen molar-refractivity contribution in [1.29, 1.82) is 0 Å². The Morgan fingerprint density at radius 2 is 2.22 bits per heavy atom. The predicted molar refractivity (Wildman–Crippen MR) is 79.0 cm³/mol. The highest BCUT2D eigenvalue weighted by Crippen LogP contribution is 2.37. The molecule has 1 aromatic carbocycles. The van der Waals surface area contributed by atoms with Crippen LogP contribution in [0.4, 0.5) is 0 Å². The van der Waals surface area contributed by atoms with E-state index in [0.717, 1.165) is 16.8 Å². The largest absolute Gasteiger partial charge is 0.496 e. The molecule has 18 heavy (non-hydrogen) atoms. The predicted octanol–water partition coefficient (Wildman–Crippen LogP) is 4.13. The molecule has 1 saturated carbocycles. The standard InChI is InChI=1S/C15H22BrNO/c1-15(2)7-6-12(9-15)17-10-11-4-5-14(18-3)13(16)8-11/h4-5,8,12,17H,6-7,9-10H2,1-3H3. The minimum absolute atomic E-state index is 0.512. The normalized spacial score (nSPS) is 22.1. The van der Waals surface area contributed by atoms with Gasteiger partial charge in [-0.05, 0) is 58.3 Å². The molecule has 0 amide bonds. The lowest BCUT2D eigenvalue weighted by atomic mass is 9.92. The Kier molecular flexibility index (Phi) is 4.33. The molecule has 1 N–H and O–H groups in total. The van der Waals surface area contributed by atoms with Gasteiger partial charge in [-0.3, -0.25) is 0 Å². The first kappa shape index (κ1) is 13.9. The summed E-state index contributed by atoms with van der Waals surface area (Å²) in [6.07, 6.45) is 3.91. The van der Waals surface area contributed by atoms with Gasteiger partial charge in [0.05, 0.1) is 11.6 Å². The van der Waals surface area contributed by atoms with Crippen LogP contribution in [0.3, 0.4) is 0 Å². The Balaban J connectivity index is 1.89. The van der Waals surface area contributed by atoms with Gasteiger partial charge in [-0.15, -0.1) is 0 Å². The van der Waals surface area contributed by atoms with Gasteiger partial charge in [0.15, 0.2) is 0 Å². The van der Waals surface area contributed by atoms with Gasteiger partial charge in [0.2, 0.25) is 0 Å². The third kappa shape index (κ3) is 3.48. The van der Waals surface area contributed by atoms with Gasteiger partial charge in [-0.25, -0.2) is 0 Å². The van der Waals surface area contributed by atoms with E-state index in [1.807, 2.05) is 6.07 Å². The van der Waals surface area contributed by atoms with Crippen molar-refractivity contribution in [2.75, 3.05) is 7.11 Å². The summed E-state index contributed by atoms with van der Waals surface area (Å²) in [5, 5.41) is 3.66. The molecule has 100 valence electrons. The number of methoxy groups -OCH3 is 1. The summed E-state index contributed by atoms with van der Waals surface area (Å²) in [4.78, 5) is 0. The molecule has 0 heterocycles. The molecule has 1 atom stereocenters. The molecule has 1 fully saturated rings. The van der Waals surface area contributed by atoms with Crippen molar-refractivity contribution >= 4 is 15.9 Å². The van der Waals surface area contributed by atoms with Crippen LogP contribution in [0.1, 0.15) is 38.7 Å². The van der Waals surface area contributed by atoms with E-state index >= 15 is 0 Å². The molecular formula is C15H22BrNO. The molecule has 1 aliphatic rings. The zero-order valence-electron chi connectivity index (χ0n) is 11.4. The molecule has 0 saturated heterocycles. The Morgan fingerprint density at radius 1 is 1.44 bits per heavy atom. The number of nitrogens with one attached hydrogen (secondary N) is 1. The molecule has 0 aromatic heterocycles. The molecule has 0 aliphatic heterocycles. The zero-order chi connectivity index (χ0) is 13.2. The average Bonchev–Trinajstić information content (AvgIpc) is 2.66. The lowest BCUT2D eigenvalue weighted by molar-refractivity contribution is 0.364. The number of hydrogen-bond acceptors (Lipinski definition) is 2. The quantitative estimate of drug-likeness (QED) is 0.903. The Hall–Kier alpha value is -0.540. The van der Waals surface area contributed by atoms with E-state index in [1.165, 1.54) is 24.8 Å². The maximum absolute atomic E-state index is 5.24. The van der Waals surface area contributed by atoms with Crippen LogP contribution < -0.4 is 10.1 Å². The minimum Gasteiger partial charge on any atom is -0.496 e. The van der Waals surface area contributed by atoms with Gasteiger partial charge in [0.1, 0.15) is 5.75 Å². The van der Waals surface area contributed by atoms with Crippen molar-refractivity contribution in [3.05, 3.63) is 28.2 Å². The molecule has 1 aromatic rings. The molecule has 0 bridgehead atoms. The summed E-state index contributed by atoms with van der Waals surface area (Å²) in [7, 11) is 1.69. The highest BCUT2D eigenvalue weighted by atomic mass is 79.9. The van der Waals surface area contributed by atoms with Gasteiger partial charge in [-0.1, -0.05) is 19.9 Å². The Bertz CT molecular complexity index is 417. The SMILES string of the molecule is COc1ccc(CNC2CCC(C)(C)C2)cc1Br. The maximum atomic E-state index is 5.24. The molecule has 2 nitrogen and oxygen atoms in total.